The highest BCUT2D eigenvalue weighted by Gasteiger charge is 2.54. The zero-order valence-corrected chi connectivity index (χ0v) is 16.1. The summed E-state index contributed by atoms with van der Waals surface area (Å²) in [6.07, 6.45) is -0.0733. The molecule has 2 aromatic carbocycles. The molecule has 142 valence electrons. The number of carbonyl (C=O) groups is 2. The molecule has 27 heavy (non-hydrogen) atoms. The molecule has 0 unspecified atom stereocenters. The third-order valence-corrected chi connectivity index (χ3v) is 5.35. The van der Waals surface area contributed by atoms with Gasteiger partial charge in [0.15, 0.2) is 0 Å². The summed E-state index contributed by atoms with van der Waals surface area (Å²) in [6.45, 7) is 7.66. The Morgan fingerprint density at radius 2 is 1.63 bits per heavy atom. The molecule has 1 heterocycles. The van der Waals surface area contributed by atoms with E-state index in [2.05, 4.69) is 5.32 Å². The summed E-state index contributed by atoms with van der Waals surface area (Å²) in [6, 6.07) is 13.3. The molecule has 0 saturated carbocycles. The molecule has 0 radical (unpaired) electrons. The monoisotopic (exact) mass is 368 g/mol. The molecular formula is C20H25BN2O4. The van der Waals surface area contributed by atoms with Crippen molar-refractivity contribution in [1.82, 2.24) is 5.32 Å². The van der Waals surface area contributed by atoms with Gasteiger partial charge in [-0.15, -0.1) is 0 Å². The second-order valence-electron chi connectivity index (χ2n) is 7.94. The van der Waals surface area contributed by atoms with E-state index in [1.54, 1.807) is 6.07 Å². The molecule has 2 aromatic rings. The van der Waals surface area contributed by atoms with Crippen molar-refractivity contribution in [2.24, 2.45) is 5.73 Å². The van der Waals surface area contributed by atoms with E-state index in [4.69, 9.17) is 15.0 Å². The number of amides is 2. The lowest BCUT2D eigenvalue weighted by Gasteiger charge is -2.32. The van der Waals surface area contributed by atoms with Crippen LogP contribution in [0.3, 0.4) is 0 Å². The van der Waals surface area contributed by atoms with E-state index < -0.39 is 30.2 Å². The van der Waals surface area contributed by atoms with Gasteiger partial charge in [-0.25, -0.2) is 0 Å². The quantitative estimate of drug-likeness (QED) is 0.794. The Kier molecular flexibility index (Phi) is 5.01. The van der Waals surface area contributed by atoms with Crippen LogP contribution in [0.1, 0.15) is 44.5 Å². The predicted octanol–water partition coefficient (Wildman–Crippen LogP) is 2.45. The number of nitrogens with two attached hydrogens (primary N) is 1. The number of hydrogen-bond donors (Lipinski definition) is 2. The Labute approximate surface area is 159 Å². The molecule has 0 aromatic heterocycles. The van der Waals surface area contributed by atoms with Crippen LogP contribution in [-0.4, -0.2) is 36.1 Å². The summed E-state index contributed by atoms with van der Waals surface area (Å²) in [5, 5.41) is 4.87. The predicted molar refractivity (Wildman–Crippen MR) is 105 cm³/mol. The summed E-state index contributed by atoms with van der Waals surface area (Å²) in [4.78, 5) is 24.3. The third-order valence-electron chi connectivity index (χ3n) is 5.35. The highest BCUT2D eigenvalue weighted by Crippen LogP contribution is 2.37. The minimum absolute atomic E-state index is 0.0733. The molecule has 6 nitrogen and oxygen atoms in total. The van der Waals surface area contributed by atoms with Gasteiger partial charge in [0.1, 0.15) is 0 Å². The Hall–Kier alpha value is -2.38. The van der Waals surface area contributed by atoms with Crippen LogP contribution in [0.25, 0.3) is 10.8 Å². The Morgan fingerprint density at radius 3 is 2.22 bits per heavy atom. The molecule has 0 bridgehead atoms. The first kappa shape index (κ1) is 19.4. The van der Waals surface area contributed by atoms with Crippen molar-refractivity contribution in [3.05, 3.63) is 48.0 Å². The van der Waals surface area contributed by atoms with Crippen LogP contribution in [0.5, 0.6) is 0 Å². The maximum Gasteiger partial charge on any atom is 0.482 e. The zero-order chi connectivity index (χ0) is 19.8. The Bertz CT molecular complexity index is 865. The van der Waals surface area contributed by atoms with Crippen LogP contribution in [0.4, 0.5) is 0 Å². The van der Waals surface area contributed by atoms with Crippen molar-refractivity contribution < 1.29 is 18.9 Å². The molecule has 3 N–H and O–H groups in total. The van der Waals surface area contributed by atoms with Crippen molar-refractivity contribution in [1.29, 1.82) is 0 Å². The lowest BCUT2D eigenvalue weighted by Crippen LogP contribution is -2.50. The zero-order valence-electron chi connectivity index (χ0n) is 16.1. The molecule has 2 amide bonds. The van der Waals surface area contributed by atoms with Gasteiger partial charge in [0.25, 0.3) is 5.91 Å². The van der Waals surface area contributed by atoms with Gasteiger partial charge >= 0.3 is 7.12 Å². The first-order valence-corrected chi connectivity index (χ1v) is 9.03. The summed E-state index contributed by atoms with van der Waals surface area (Å²) in [5.41, 5.74) is 4.75. The topological polar surface area (TPSA) is 90.6 Å². The van der Waals surface area contributed by atoms with Gasteiger partial charge in [0, 0.05) is 12.0 Å². The largest absolute Gasteiger partial charge is 0.482 e. The average molecular weight is 368 g/mol. The summed E-state index contributed by atoms with van der Waals surface area (Å²) in [5.74, 6) is -1.52. The highest BCUT2D eigenvalue weighted by atomic mass is 16.7. The minimum atomic E-state index is -0.757. The lowest BCUT2D eigenvalue weighted by molar-refractivity contribution is -0.118. The number of primary amides is 1. The molecule has 0 aliphatic carbocycles. The molecular weight excluding hydrogens is 343 g/mol. The van der Waals surface area contributed by atoms with Crippen molar-refractivity contribution in [3.8, 4) is 0 Å². The van der Waals surface area contributed by atoms with Crippen LogP contribution in [0, 0.1) is 0 Å². The number of benzene rings is 2. The van der Waals surface area contributed by atoms with Crippen LogP contribution in [0.2, 0.25) is 0 Å². The van der Waals surface area contributed by atoms with Crippen LogP contribution < -0.4 is 11.1 Å². The Morgan fingerprint density at radius 1 is 1.04 bits per heavy atom. The maximum absolute atomic E-state index is 12.8. The summed E-state index contributed by atoms with van der Waals surface area (Å²) < 4.78 is 12.0. The van der Waals surface area contributed by atoms with Gasteiger partial charge in [-0.2, -0.15) is 0 Å². The SMILES string of the molecule is CC1(C)OB([C@@H](CC(N)=O)NC(=O)c2ccc3ccccc3c2)OC1(C)C. The van der Waals surface area contributed by atoms with E-state index in [1.807, 2.05) is 64.1 Å². The van der Waals surface area contributed by atoms with Crippen molar-refractivity contribution in [3.63, 3.8) is 0 Å². The molecule has 0 spiro atoms. The number of rotatable bonds is 5. The van der Waals surface area contributed by atoms with Crippen molar-refractivity contribution in [2.75, 3.05) is 0 Å². The summed E-state index contributed by atoms with van der Waals surface area (Å²) in [7, 11) is -0.757. The van der Waals surface area contributed by atoms with Gasteiger partial charge in [-0.05, 0) is 50.6 Å². The number of fused-ring (bicyclic) bond motifs is 1. The van der Waals surface area contributed by atoms with Crippen LogP contribution in [-0.2, 0) is 14.1 Å². The van der Waals surface area contributed by atoms with Gasteiger partial charge in [-0.1, -0.05) is 30.3 Å². The standard InChI is InChI=1S/C20H25BN2O4/c1-19(2)20(3,4)27-21(26-19)16(12-17(22)24)23-18(25)15-10-9-13-7-5-6-8-14(13)11-15/h5-11,16H,12H2,1-4H3,(H2,22,24)(H,23,25)/t16-/m1/s1. The first-order valence-electron chi connectivity index (χ1n) is 9.03. The fourth-order valence-corrected chi connectivity index (χ4v) is 3.07. The van der Waals surface area contributed by atoms with Gasteiger partial charge in [0.2, 0.25) is 5.91 Å². The smallest absolute Gasteiger partial charge is 0.402 e. The maximum atomic E-state index is 12.8. The van der Waals surface area contributed by atoms with E-state index in [0.29, 0.717) is 5.56 Å². The Balaban J connectivity index is 1.81. The molecule has 3 rings (SSSR count). The number of hydrogen-bond acceptors (Lipinski definition) is 4. The van der Waals surface area contributed by atoms with E-state index in [0.717, 1.165) is 10.8 Å². The van der Waals surface area contributed by atoms with E-state index in [1.165, 1.54) is 0 Å². The fraction of sp³-hybridized carbons (Fsp3) is 0.400. The second kappa shape index (κ2) is 6.98. The van der Waals surface area contributed by atoms with Crippen molar-refractivity contribution >= 4 is 29.7 Å². The molecule has 1 aliphatic heterocycles. The van der Waals surface area contributed by atoms with E-state index in [-0.39, 0.29) is 12.3 Å². The van der Waals surface area contributed by atoms with Gasteiger partial charge in [0.05, 0.1) is 17.1 Å². The number of nitrogens with one attached hydrogen (secondary N) is 1. The third kappa shape index (κ3) is 3.99. The molecule has 1 fully saturated rings. The average Bonchev–Trinajstić information content (AvgIpc) is 2.81. The van der Waals surface area contributed by atoms with Crippen molar-refractivity contribution in [2.45, 2.75) is 51.3 Å². The minimum Gasteiger partial charge on any atom is -0.402 e. The molecule has 1 aliphatic rings. The second-order valence-corrected chi connectivity index (χ2v) is 7.94. The molecule has 1 atom stereocenters. The van der Waals surface area contributed by atoms with Gasteiger partial charge in [-0.3, -0.25) is 9.59 Å². The number of carbonyl (C=O) groups excluding carboxylic acids is 2. The van der Waals surface area contributed by atoms with Gasteiger partial charge < -0.3 is 20.4 Å². The lowest BCUT2D eigenvalue weighted by atomic mass is 9.76. The fourth-order valence-electron chi connectivity index (χ4n) is 3.07. The molecule has 7 heteroatoms. The normalized spacial score (nSPS) is 19.0. The van der Waals surface area contributed by atoms with Crippen LogP contribution in [0.15, 0.2) is 42.5 Å². The van der Waals surface area contributed by atoms with E-state index in [9.17, 15) is 9.59 Å². The molecule has 1 saturated heterocycles. The highest BCUT2D eigenvalue weighted by molar-refractivity contribution is 6.48. The summed E-state index contributed by atoms with van der Waals surface area (Å²) >= 11 is 0. The first-order chi connectivity index (χ1) is 12.6. The van der Waals surface area contributed by atoms with E-state index >= 15 is 0 Å². The van der Waals surface area contributed by atoms with Crippen LogP contribution >= 0.6 is 0 Å².